The summed E-state index contributed by atoms with van der Waals surface area (Å²) in [5.41, 5.74) is -0.151. The molecule has 0 aliphatic rings. The molecule has 0 heterocycles. The van der Waals surface area contributed by atoms with Crippen molar-refractivity contribution in [3.05, 3.63) is 41.5 Å². The van der Waals surface area contributed by atoms with Gasteiger partial charge in [0.1, 0.15) is 0 Å². The molecule has 0 saturated carbocycles. The first-order chi connectivity index (χ1) is 7.80. The number of halogens is 3. The molecule has 1 amide bonds. The number of hydrogen-bond acceptors (Lipinski definition) is 1. The molecule has 0 radical (unpaired) electrons. The minimum atomic E-state index is -4.33. The summed E-state index contributed by atoms with van der Waals surface area (Å²) in [6.45, 7) is 0. The number of carbonyl (C=O) groups excluding carboxylic acids is 1. The number of amides is 1. The Kier molecular flexibility index (Phi) is 3.93. The van der Waals surface area contributed by atoms with Gasteiger partial charge in [0.2, 0.25) is 5.91 Å². The maximum absolute atomic E-state index is 12.3. The first kappa shape index (κ1) is 13.3. The highest BCUT2D eigenvalue weighted by atomic mass is 19.4. The lowest BCUT2D eigenvalue weighted by Gasteiger charge is -2.06. The number of carbonyl (C=O) groups is 1. The molecule has 1 aromatic rings. The van der Waals surface area contributed by atoms with Crippen molar-refractivity contribution in [3.63, 3.8) is 0 Å². The Balaban J connectivity index is 2.79. The fourth-order valence-electron chi connectivity index (χ4n) is 1.10. The molecule has 1 aromatic carbocycles. The van der Waals surface area contributed by atoms with E-state index in [-0.39, 0.29) is 5.91 Å². The van der Waals surface area contributed by atoms with Crippen LogP contribution in [0.15, 0.2) is 30.3 Å². The van der Waals surface area contributed by atoms with E-state index in [1.807, 2.05) is 0 Å². The van der Waals surface area contributed by atoms with Crippen LogP contribution in [0.4, 0.5) is 13.2 Å². The second kappa shape index (κ2) is 5.03. The van der Waals surface area contributed by atoms with Crippen molar-refractivity contribution in [3.8, 4) is 0 Å². The number of benzene rings is 1. The van der Waals surface area contributed by atoms with Gasteiger partial charge in [0.25, 0.3) is 0 Å². The molecule has 0 aliphatic heterocycles. The van der Waals surface area contributed by atoms with E-state index >= 15 is 0 Å². The van der Waals surface area contributed by atoms with Crippen molar-refractivity contribution >= 4 is 12.0 Å². The zero-order chi connectivity index (χ0) is 13.1. The van der Waals surface area contributed by atoms with Crippen LogP contribution in [0.2, 0.25) is 0 Å². The van der Waals surface area contributed by atoms with Gasteiger partial charge in [-0.15, -0.1) is 0 Å². The van der Waals surface area contributed by atoms with Gasteiger partial charge in [-0.25, -0.2) is 0 Å². The van der Waals surface area contributed by atoms with Gasteiger partial charge in [-0.2, -0.15) is 13.2 Å². The Bertz CT molecular complexity index is 418. The number of rotatable bonds is 2. The minimum Gasteiger partial charge on any atom is -0.345 e. The van der Waals surface area contributed by atoms with Gasteiger partial charge in [0, 0.05) is 20.2 Å². The molecule has 5 heteroatoms. The molecule has 0 fully saturated rings. The summed E-state index contributed by atoms with van der Waals surface area (Å²) in [6, 6.07) is 4.62. The standard InChI is InChI=1S/C12H12F3NO/c1-16(2)11(17)8-5-9-3-6-10(7-4-9)12(13,14)15/h3-8H,1-2H3. The lowest BCUT2D eigenvalue weighted by molar-refractivity contribution is -0.137. The summed E-state index contributed by atoms with van der Waals surface area (Å²) < 4.78 is 36.8. The highest BCUT2D eigenvalue weighted by molar-refractivity contribution is 5.91. The van der Waals surface area contributed by atoms with E-state index in [0.717, 1.165) is 12.1 Å². The summed E-state index contributed by atoms with van der Waals surface area (Å²) in [7, 11) is 3.19. The third-order valence-electron chi connectivity index (χ3n) is 2.10. The number of nitrogens with zero attached hydrogens (tertiary/aromatic N) is 1. The van der Waals surface area contributed by atoms with Crippen LogP contribution in [0, 0.1) is 0 Å². The van der Waals surface area contributed by atoms with Crippen LogP contribution in [0.1, 0.15) is 11.1 Å². The van der Waals surface area contributed by atoms with E-state index in [0.29, 0.717) is 5.56 Å². The van der Waals surface area contributed by atoms with Gasteiger partial charge in [-0.1, -0.05) is 12.1 Å². The molecule has 0 aromatic heterocycles. The molecule has 1 rings (SSSR count). The molecule has 0 bridgehead atoms. The van der Waals surface area contributed by atoms with Crippen molar-refractivity contribution in [2.75, 3.05) is 14.1 Å². The fourth-order valence-corrected chi connectivity index (χ4v) is 1.10. The smallest absolute Gasteiger partial charge is 0.345 e. The third kappa shape index (κ3) is 3.94. The third-order valence-corrected chi connectivity index (χ3v) is 2.10. The first-order valence-electron chi connectivity index (χ1n) is 4.87. The van der Waals surface area contributed by atoms with Crippen LogP contribution in [0.5, 0.6) is 0 Å². The van der Waals surface area contributed by atoms with Crippen LogP contribution in [0.3, 0.4) is 0 Å². The largest absolute Gasteiger partial charge is 0.416 e. The Labute approximate surface area is 97.3 Å². The molecule has 0 spiro atoms. The molecule has 2 nitrogen and oxygen atoms in total. The van der Waals surface area contributed by atoms with Crippen molar-refractivity contribution in [2.24, 2.45) is 0 Å². The zero-order valence-corrected chi connectivity index (χ0v) is 9.45. The summed E-state index contributed by atoms with van der Waals surface area (Å²) in [4.78, 5) is 12.6. The number of hydrogen-bond donors (Lipinski definition) is 0. The number of likely N-dealkylation sites (N-methyl/N-ethyl adjacent to an activating group) is 1. The van der Waals surface area contributed by atoms with Gasteiger partial charge >= 0.3 is 6.18 Å². The van der Waals surface area contributed by atoms with E-state index < -0.39 is 11.7 Å². The normalized spacial score (nSPS) is 11.8. The Morgan fingerprint density at radius 2 is 1.71 bits per heavy atom. The molecular formula is C12H12F3NO. The lowest BCUT2D eigenvalue weighted by atomic mass is 10.1. The summed E-state index contributed by atoms with van der Waals surface area (Å²) in [5.74, 6) is -0.218. The molecule has 0 N–H and O–H groups in total. The topological polar surface area (TPSA) is 20.3 Å². The van der Waals surface area contributed by atoms with Crippen LogP contribution in [0.25, 0.3) is 6.08 Å². The highest BCUT2D eigenvalue weighted by Crippen LogP contribution is 2.29. The average molecular weight is 243 g/mol. The molecule has 92 valence electrons. The molecule has 0 unspecified atom stereocenters. The molecular weight excluding hydrogens is 231 g/mol. The first-order valence-corrected chi connectivity index (χ1v) is 4.87. The Morgan fingerprint density at radius 1 is 1.18 bits per heavy atom. The van der Waals surface area contributed by atoms with E-state index in [4.69, 9.17) is 0 Å². The van der Waals surface area contributed by atoms with Crippen LogP contribution in [-0.4, -0.2) is 24.9 Å². The van der Waals surface area contributed by atoms with Crippen molar-refractivity contribution in [1.82, 2.24) is 4.90 Å². The van der Waals surface area contributed by atoms with Crippen molar-refractivity contribution < 1.29 is 18.0 Å². The SMILES string of the molecule is CN(C)C(=O)C=Cc1ccc(C(F)(F)F)cc1. The highest BCUT2D eigenvalue weighted by Gasteiger charge is 2.29. The quantitative estimate of drug-likeness (QED) is 0.731. The zero-order valence-electron chi connectivity index (χ0n) is 9.45. The van der Waals surface area contributed by atoms with E-state index in [1.54, 1.807) is 14.1 Å². The lowest BCUT2D eigenvalue weighted by Crippen LogP contribution is -2.18. The van der Waals surface area contributed by atoms with Crippen LogP contribution >= 0.6 is 0 Å². The predicted molar refractivity (Wildman–Crippen MR) is 59.2 cm³/mol. The summed E-state index contributed by atoms with van der Waals surface area (Å²) in [5, 5.41) is 0. The second-order valence-corrected chi connectivity index (χ2v) is 3.69. The van der Waals surface area contributed by atoms with Crippen molar-refractivity contribution in [2.45, 2.75) is 6.18 Å². The Morgan fingerprint density at radius 3 is 2.12 bits per heavy atom. The monoisotopic (exact) mass is 243 g/mol. The summed E-state index contributed by atoms with van der Waals surface area (Å²) >= 11 is 0. The van der Waals surface area contributed by atoms with Crippen molar-refractivity contribution in [1.29, 1.82) is 0 Å². The van der Waals surface area contributed by atoms with Gasteiger partial charge < -0.3 is 4.90 Å². The average Bonchev–Trinajstić information content (AvgIpc) is 2.25. The van der Waals surface area contributed by atoms with Crippen LogP contribution in [-0.2, 0) is 11.0 Å². The maximum Gasteiger partial charge on any atom is 0.416 e. The number of alkyl halides is 3. The van der Waals surface area contributed by atoms with Gasteiger partial charge in [-0.05, 0) is 23.8 Å². The fraction of sp³-hybridized carbons (Fsp3) is 0.250. The van der Waals surface area contributed by atoms with E-state index in [9.17, 15) is 18.0 Å². The summed E-state index contributed by atoms with van der Waals surface area (Å²) in [6.07, 6.45) is -1.55. The maximum atomic E-state index is 12.3. The molecule has 0 saturated heterocycles. The predicted octanol–water partition coefficient (Wildman–Crippen LogP) is 2.81. The molecule has 0 aliphatic carbocycles. The minimum absolute atomic E-state index is 0.218. The van der Waals surface area contributed by atoms with Crippen LogP contribution < -0.4 is 0 Å². The molecule has 17 heavy (non-hydrogen) atoms. The van der Waals surface area contributed by atoms with Gasteiger partial charge in [-0.3, -0.25) is 4.79 Å². The molecule has 0 atom stereocenters. The Hall–Kier alpha value is -1.78. The second-order valence-electron chi connectivity index (χ2n) is 3.69. The van der Waals surface area contributed by atoms with Gasteiger partial charge in [0.05, 0.1) is 5.56 Å². The van der Waals surface area contributed by atoms with E-state index in [1.165, 1.54) is 29.2 Å². The van der Waals surface area contributed by atoms with E-state index in [2.05, 4.69) is 0 Å². The van der Waals surface area contributed by atoms with Gasteiger partial charge in [0.15, 0.2) is 0 Å².